The van der Waals surface area contributed by atoms with Crippen LogP contribution in [0, 0.1) is 0 Å². The number of aryl methyl sites for hydroxylation is 1. The van der Waals surface area contributed by atoms with Gasteiger partial charge in [-0.3, -0.25) is 4.79 Å². The Hall–Kier alpha value is -3.01. The van der Waals surface area contributed by atoms with Gasteiger partial charge in [0.25, 0.3) is 0 Å². The number of ketones is 1. The molecule has 2 rings (SSSR count). The minimum Gasteiger partial charge on any atom is -0.508 e. The van der Waals surface area contributed by atoms with Crippen molar-refractivity contribution in [3.05, 3.63) is 77.6 Å². The van der Waals surface area contributed by atoms with Gasteiger partial charge >= 0.3 is 0 Å². The van der Waals surface area contributed by atoms with E-state index in [2.05, 4.69) is 0 Å². The van der Waals surface area contributed by atoms with Gasteiger partial charge in [0.2, 0.25) is 0 Å². The first-order valence-corrected chi connectivity index (χ1v) is 7.21. The number of allylic oxidation sites excluding steroid dienone is 2. The van der Waals surface area contributed by atoms with Crippen LogP contribution in [0.3, 0.4) is 0 Å². The molecule has 0 bridgehead atoms. The topological polar surface area (TPSA) is 77.8 Å². The van der Waals surface area contributed by atoms with Gasteiger partial charge in [0.15, 0.2) is 5.78 Å². The first-order valence-electron chi connectivity index (χ1n) is 7.21. The third-order valence-corrected chi connectivity index (χ3v) is 3.24. The molecule has 4 nitrogen and oxygen atoms in total. The number of hydrogen-bond acceptors (Lipinski definition) is 4. The van der Waals surface area contributed by atoms with Gasteiger partial charge in [0.05, 0.1) is 0 Å². The Morgan fingerprint density at radius 1 is 0.913 bits per heavy atom. The Balaban J connectivity index is 1.88. The molecule has 0 unspecified atom stereocenters. The Labute approximate surface area is 134 Å². The number of aromatic hydroxyl groups is 2. The van der Waals surface area contributed by atoms with Crippen molar-refractivity contribution >= 4 is 11.9 Å². The molecular weight excluding hydrogens is 292 g/mol. The van der Waals surface area contributed by atoms with E-state index in [1.807, 2.05) is 0 Å². The standard InChI is InChI=1S/C19H18O4/c20-16-7-1-14(2-8-16)5-11-18(22)13-19(23)12-6-15-3-9-17(21)10-4-15/h1-5,7-11,13,20-22H,6,12H2/b11-5+,18-13+. The van der Waals surface area contributed by atoms with E-state index in [1.54, 1.807) is 54.6 Å². The van der Waals surface area contributed by atoms with Crippen molar-refractivity contribution in [2.45, 2.75) is 12.8 Å². The zero-order valence-electron chi connectivity index (χ0n) is 12.5. The van der Waals surface area contributed by atoms with Crippen molar-refractivity contribution in [1.82, 2.24) is 0 Å². The third kappa shape index (κ3) is 5.71. The van der Waals surface area contributed by atoms with Crippen molar-refractivity contribution in [2.75, 3.05) is 0 Å². The second-order valence-corrected chi connectivity index (χ2v) is 5.13. The molecule has 0 amide bonds. The number of carbonyl (C=O) groups excluding carboxylic acids is 1. The summed E-state index contributed by atoms with van der Waals surface area (Å²) in [6, 6.07) is 13.2. The number of aliphatic hydroxyl groups is 1. The molecule has 2 aromatic rings. The number of benzene rings is 2. The van der Waals surface area contributed by atoms with E-state index < -0.39 is 0 Å². The van der Waals surface area contributed by atoms with Crippen molar-refractivity contribution < 1.29 is 20.1 Å². The molecule has 4 heteroatoms. The molecule has 0 saturated carbocycles. The zero-order valence-corrected chi connectivity index (χ0v) is 12.5. The van der Waals surface area contributed by atoms with Crippen LogP contribution in [0.25, 0.3) is 6.08 Å². The molecule has 3 N–H and O–H groups in total. The molecule has 0 aliphatic carbocycles. The third-order valence-electron chi connectivity index (χ3n) is 3.24. The van der Waals surface area contributed by atoms with E-state index in [1.165, 1.54) is 12.2 Å². The number of carbonyl (C=O) groups is 1. The van der Waals surface area contributed by atoms with Gasteiger partial charge in [-0.2, -0.15) is 0 Å². The summed E-state index contributed by atoms with van der Waals surface area (Å²) < 4.78 is 0. The number of aliphatic hydroxyl groups excluding tert-OH is 1. The van der Waals surface area contributed by atoms with Crippen LogP contribution < -0.4 is 0 Å². The van der Waals surface area contributed by atoms with Crippen molar-refractivity contribution in [2.24, 2.45) is 0 Å². The summed E-state index contributed by atoms with van der Waals surface area (Å²) in [7, 11) is 0. The zero-order chi connectivity index (χ0) is 16.7. The van der Waals surface area contributed by atoms with Crippen LogP contribution in [-0.4, -0.2) is 21.1 Å². The van der Waals surface area contributed by atoms with Gasteiger partial charge in [-0.25, -0.2) is 0 Å². The molecule has 0 heterocycles. The fourth-order valence-corrected chi connectivity index (χ4v) is 1.98. The Bertz CT molecular complexity index is 710. The highest BCUT2D eigenvalue weighted by atomic mass is 16.3. The lowest BCUT2D eigenvalue weighted by atomic mass is 10.1. The lowest BCUT2D eigenvalue weighted by molar-refractivity contribution is -0.114. The average molecular weight is 310 g/mol. The number of rotatable bonds is 6. The van der Waals surface area contributed by atoms with Crippen LogP contribution in [0.4, 0.5) is 0 Å². The van der Waals surface area contributed by atoms with Crippen LogP contribution >= 0.6 is 0 Å². The highest BCUT2D eigenvalue weighted by Gasteiger charge is 2.01. The fraction of sp³-hybridized carbons (Fsp3) is 0.105. The van der Waals surface area contributed by atoms with Crippen LogP contribution in [-0.2, 0) is 11.2 Å². The summed E-state index contributed by atoms with van der Waals surface area (Å²) >= 11 is 0. The lowest BCUT2D eigenvalue weighted by Crippen LogP contribution is -1.97. The Morgan fingerprint density at radius 2 is 1.48 bits per heavy atom. The molecule has 118 valence electrons. The number of phenols is 2. The van der Waals surface area contributed by atoms with Gasteiger partial charge in [0.1, 0.15) is 17.3 Å². The molecule has 23 heavy (non-hydrogen) atoms. The number of hydrogen-bond donors (Lipinski definition) is 3. The predicted octanol–water partition coefficient (Wildman–Crippen LogP) is 3.75. The molecule has 0 radical (unpaired) electrons. The summed E-state index contributed by atoms with van der Waals surface area (Å²) in [5.41, 5.74) is 1.75. The minimum atomic E-state index is -0.175. The quantitative estimate of drug-likeness (QED) is 0.431. The molecule has 0 fully saturated rings. The van der Waals surface area contributed by atoms with Crippen LogP contribution in [0.15, 0.2) is 66.4 Å². The molecule has 0 saturated heterocycles. The van der Waals surface area contributed by atoms with Crippen molar-refractivity contribution in [3.63, 3.8) is 0 Å². The summed E-state index contributed by atoms with van der Waals surface area (Å²) in [5.74, 6) is 0.0722. The molecule has 0 atom stereocenters. The summed E-state index contributed by atoms with van der Waals surface area (Å²) in [6.45, 7) is 0. The highest BCUT2D eigenvalue weighted by molar-refractivity contribution is 5.90. The molecule has 0 aliphatic heterocycles. The van der Waals surface area contributed by atoms with E-state index in [-0.39, 0.29) is 29.5 Å². The molecular formula is C19H18O4. The van der Waals surface area contributed by atoms with E-state index in [0.717, 1.165) is 11.1 Å². The van der Waals surface area contributed by atoms with Crippen molar-refractivity contribution in [3.8, 4) is 11.5 Å². The second kappa shape index (κ2) is 7.84. The molecule has 0 aliphatic rings. The summed E-state index contributed by atoms with van der Waals surface area (Å²) in [6.07, 6.45) is 5.10. The van der Waals surface area contributed by atoms with Gasteiger partial charge in [-0.15, -0.1) is 0 Å². The molecule has 2 aromatic carbocycles. The first kappa shape index (κ1) is 16.4. The van der Waals surface area contributed by atoms with Crippen LogP contribution in [0.2, 0.25) is 0 Å². The predicted molar refractivity (Wildman–Crippen MR) is 89.3 cm³/mol. The Kier molecular flexibility index (Phi) is 5.58. The molecule has 0 aromatic heterocycles. The van der Waals surface area contributed by atoms with E-state index >= 15 is 0 Å². The average Bonchev–Trinajstić information content (AvgIpc) is 2.54. The smallest absolute Gasteiger partial charge is 0.159 e. The normalized spacial score (nSPS) is 11.7. The first-order chi connectivity index (χ1) is 11.0. The fourth-order valence-electron chi connectivity index (χ4n) is 1.98. The maximum Gasteiger partial charge on any atom is 0.159 e. The monoisotopic (exact) mass is 310 g/mol. The van der Waals surface area contributed by atoms with E-state index in [4.69, 9.17) is 0 Å². The van der Waals surface area contributed by atoms with Crippen LogP contribution in [0.1, 0.15) is 17.5 Å². The largest absolute Gasteiger partial charge is 0.508 e. The second-order valence-electron chi connectivity index (χ2n) is 5.13. The maximum atomic E-state index is 11.8. The van der Waals surface area contributed by atoms with E-state index in [0.29, 0.717) is 6.42 Å². The number of phenolic OH excluding ortho intramolecular Hbond substituents is 2. The van der Waals surface area contributed by atoms with Gasteiger partial charge in [0, 0.05) is 12.5 Å². The summed E-state index contributed by atoms with van der Waals surface area (Å²) in [5, 5.41) is 28.1. The van der Waals surface area contributed by atoms with Gasteiger partial charge < -0.3 is 15.3 Å². The minimum absolute atomic E-state index is 0.117. The molecule has 0 spiro atoms. The van der Waals surface area contributed by atoms with Gasteiger partial charge in [-0.1, -0.05) is 30.3 Å². The SMILES string of the molecule is O=C(/C=C(O)\C=C\c1ccc(O)cc1)CCc1ccc(O)cc1. The van der Waals surface area contributed by atoms with Crippen LogP contribution in [0.5, 0.6) is 11.5 Å². The van der Waals surface area contributed by atoms with Gasteiger partial charge in [-0.05, 0) is 47.9 Å². The van der Waals surface area contributed by atoms with Crippen molar-refractivity contribution in [1.29, 1.82) is 0 Å². The van der Waals surface area contributed by atoms with E-state index in [9.17, 15) is 20.1 Å². The highest BCUT2D eigenvalue weighted by Crippen LogP contribution is 2.13. The Morgan fingerprint density at radius 3 is 2.09 bits per heavy atom. The lowest BCUT2D eigenvalue weighted by Gasteiger charge is -1.99. The maximum absolute atomic E-state index is 11.8. The summed E-state index contributed by atoms with van der Waals surface area (Å²) in [4.78, 5) is 11.8.